The van der Waals surface area contributed by atoms with Crippen molar-refractivity contribution < 1.29 is 13.2 Å². The van der Waals surface area contributed by atoms with Gasteiger partial charge in [0, 0.05) is 11.8 Å². The lowest BCUT2D eigenvalue weighted by Crippen LogP contribution is -2.49. The maximum absolute atomic E-state index is 12.6. The zero-order chi connectivity index (χ0) is 15.5. The highest BCUT2D eigenvalue weighted by atomic mass is 32.2. The molecule has 0 aromatic heterocycles. The standard InChI is InChI=1S/C14H20N2O3S2/c1-3-11(2)15-14(17)13-9-20-10-16(13)21(18,19)12-7-5-4-6-8-12/h4-8,11,13H,3,9-10H2,1-2H3,(H,15,17)/t11-,13+/m0/s1. The molecule has 2 atom stereocenters. The molecule has 1 aliphatic heterocycles. The molecule has 1 aliphatic rings. The Hall–Kier alpha value is -1.05. The third kappa shape index (κ3) is 3.59. The highest BCUT2D eigenvalue weighted by Gasteiger charge is 2.40. The van der Waals surface area contributed by atoms with Crippen LogP contribution in [0.4, 0.5) is 0 Å². The number of benzene rings is 1. The Bertz CT molecular complexity index is 589. The third-order valence-corrected chi connectivity index (χ3v) is 6.54. The van der Waals surface area contributed by atoms with E-state index in [1.54, 1.807) is 30.3 Å². The smallest absolute Gasteiger partial charge is 0.244 e. The zero-order valence-electron chi connectivity index (χ0n) is 12.2. The van der Waals surface area contributed by atoms with Gasteiger partial charge in [-0.1, -0.05) is 25.1 Å². The molecule has 0 bridgehead atoms. The summed E-state index contributed by atoms with van der Waals surface area (Å²) >= 11 is 1.46. The molecule has 0 spiro atoms. The normalized spacial score (nSPS) is 21.1. The molecule has 0 aliphatic carbocycles. The van der Waals surface area contributed by atoms with Gasteiger partial charge in [-0.05, 0) is 25.5 Å². The lowest BCUT2D eigenvalue weighted by molar-refractivity contribution is -0.124. The van der Waals surface area contributed by atoms with Gasteiger partial charge in [0.1, 0.15) is 6.04 Å². The lowest BCUT2D eigenvalue weighted by Gasteiger charge is -2.24. The summed E-state index contributed by atoms with van der Waals surface area (Å²) in [5.41, 5.74) is 0. The van der Waals surface area contributed by atoms with Gasteiger partial charge in [0.05, 0.1) is 10.8 Å². The van der Waals surface area contributed by atoms with E-state index in [-0.39, 0.29) is 16.8 Å². The number of amides is 1. The Labute approximate surface area is 130 Å². The summed E-state index contributed by atoms with van der Waals surface area (Å²) in [5, 5.41) is 2.87. The number of nitrogens with one attached hydrogen (secondary N) is 1. The molecule has 1 fully saturated rings. The molecule has 1 saturated heterocycles. The largest absolute Gasteiger partial charge is 0.352 e. The van der Waals surface area contributed by atoms with Crippen molar-refractivity contribution in [1.82, 2.24) is 9.62 Å². The number of thioether (sulfide) groups is 1. The number of rotatable bonds is 5. The van der Waals surface area contributed by atoms with E-state index >= 15 is 0 Å². The number of nitrogens with zero attached hydrogens (tertiary/aromatic N) is 1. The quantitative estimate of drug-likeness (QED) is 0.893. The molecule has 1 amide bonds. The van der Waals surface area contributed by atoms with Crippen LogP contribution in [0.2, 0.25) is 0 Å². The van der Waals surface area contributed by atoms with Crippen molar-refractivity contribution in [3.63, 3.8) is 0 Å². The maximum Gasteiger partial charge on any atom is 0.244 e. The molecule has 116 valence electrons. The van der Waals surface area contributed by atoms with Gasteiger partial charge in [-0.15, -0.1) is 11.8 Å². The molecule has 2 rings (SSSR count). The Morgan fingerprint density at radius 1 is 1.43 bits per heavy atom. The van der Waals surface area contributed by atoms with E-state index in [4.69, 9.17) is 0 Å². The number of hydrogen-bond donors (Lipinski definition) is 1. The first kappa shape index (κ1) is 16.3. The van der Waals surface area contributed by atoms with Crippen LogP contribution < -0.4 is 5.32 Å². The summed E-state index contributed by atoms with van der Waals surface area (Å²) in [6.45, 7) is 3.89. The average molecular weight is 328 g/mol. The van der Waals surface area contributed by atoms with Crippen LogP contribution in [0.3, 0.4) is 0 Å². The fourth-order valence-corrected chi connectivity index (χ4v) is 5.21. The highest BCUT2D eigenvalue weighted by molar-refractivity contribution is 8.00. The predicted octanol–water partition coefficient (Wildman–Crippen LogP) is 1.66. The van der Waals surface area contributed by atoms with E-state index in [0.717, 1.165) is 6.42 Å². The predicted molar refractivity (Wildman–Crippen MR) is 84.5 cm³/mol. The van der Waals surface area contributed by atoms with Crippen molar-refractivity contribution in [2.24, 2.45) is 0 Å². The highest BCUT2D eigenvalue weighted by Crippen LogP contribution is 2.28. The maximum atomic E-state index is 12.6. The van der Waals surface area contributed by atoms with Crippen LogP contribution in [0.25, 0.3) is 0 Å². The van der Waals surface area contributed by atoms with Crippen LogP contribution in [-0.2, 0) is 14.8 Å². The first-order chi connectivity index (χ1) is 9.96. The minimum absolute atomic E-state index is 0.0457. The van der Waals surface area contributed by atoms with Crippen molar-refractivity contribution >= 4 is 27.7 Å². The second-order valence-electron chi connectivity index (χ2n) is 5.04. The van der Waals surface area contributed by atoms with Crippen molar-refractivity contribution in [1.29, 1.82) is 0 Å². The zero-order valence-corrected chi connectivity index (χ0v) is 13.8. The minimum Gasteiger partial charge on any atom is -0.352 e. The summed E-state index contributed by atoms with van der Waals surface area (Å²) in [7, 11) is -3.62. The number of carbonyl (C=O) groups excluding carboxylic acids is 1. The lowest BCUT2D eigenvalue weighted by atomic mass is 10.2. The van der Waals surface area contributed by atoms with E-state index in [1.807, 2.05) is 13.8 Å². The molecule has 1 aromatic carbocycles. The van der Waals surface area contributed by atoms with Gasteiger partial charge in [0.25, 0.3) is 0 Å². The second kappa shape index (κ2) is 6.81. The first-order valence-corrected chi connectivity index (χ1v) is 9.51. The fraction of sp³-hybridized carbons (Fsp3) is 0.500. The fourth-order valence-electron chi connectivity index (χ4n) is 2.04. The summed E-state index contributed by atoms with van der Waals surface area (Å²) in [4.78, 5) is 12.5. The third-order valence-electron chi connectivity index (χ3n) is 3.50. The van der Waals surface area contributed by atoms with Crippen molar-refractivity contribution in [3.8, 4) is 0 Å². The molecule has 7 heteroatoms. The van der Waals surface area contributed by atoms with Crippen LogP contribution in [-0.4, -0.2) is 42.3 Å². The monoisotopic (exact) mass is 328 g/mol. The molecule has 5 nitrogen and oxygen atoms in total. The van der Waals surface area contributed by atoms with E-state index in [2.05, 4.69) is 5.32 Å². The molecule has 0 radical (unpaired) electrons. The second-order valence-corrected chi connectivity index (χ2v) is 7.93. The Morgan fingerprint density at radius 2 is 2.10 bits per heavy atom. The summed E-state index contributed by atoms with van der Waals surface area (Å²) < 4.78 is 26.6. The SMILES string of the molecule is CC[C@H](C)NC(=O)[C@H]1CSCN1S(=O)(=O)c1ccccc1. The Morgan fingerprint density at radius 3 is 2.71 bits per heavy atom. The molecular formula is C14H20N2O3S2. The molecule has 1 heterocycles. The van der Waals surface area contributed by atoms with Crippen LogP contribution in [0.5, 0.6) is 0 Å². The molecule has 0 unspecified atom stereocenters. The van der Waals surface area contributed by atoms with Gasteiger partial charge in [0.15, 0.2) is 0 Å². The minimum atomic E-state index is -3.62. The van der Waals surface area contributed by atoms with E-state index in [9.17, 15) is 13.2 Å². The van der Waals surface area contributed by atoms with Crippen molar-refractivity contribution in [3.05, 3.63) is 30.3 Å². The van der Waals surface area contributed by atoms with E-state index in [1.165, 1.54) is 16.1 Å². The average Bonchev–Trinajstić information content (AvgIpc) is 2.98. The van der Waals surface area contributed by atoms with Crippen molar-refractivity contribution in [2.45, 2.75) is 37.2 Å². The molecular weight excluding hydrogens is 308 g/mol. The number of carbonyl (C=O) groups is 1. The van der Waals surface area contributed by atoms with Crippen LogP contribution in [0.1, 0.15) is 20.3 Å². The molecule has 0 saturated carbocycles. The van der Waals surface area contributed by atoms with Gasteiger partial charge in [-0.2, -0.15) is 4.31 Å². The topological polar surface area (TPSA) is 66.5 Å². The van der Waals surface area contributed by atoms with Gasteiger partial charge in [-0.25, -0.2) is 8.42 Å². The molecule has 1 aromatic rings. The number of hydrogen-bond acceptors (Lipinski definition) is 4. The van der Waals surface area contributed by atoms with Crippen LogP contribution >= 0.6 is 11.8 Å². The Balaban J connectivity index is 2.21. The summed E-state index contributed by atoms with van der Waals surface area (Å²) in [5.74, 6) is 0.596. The summed E-state index contributed by atoms with van der Waals surface area (Å²) in [6.07, 6.45) is 0.817. The van der Waals surface area contributed by atoms with Crippen LogP contribution in [0, 0.1) is 0 Å². The Kier molecular flexibility index (Phi) is 5.29. The van der Waals surface area contributed by atoms with Gasteiger partial charge in [0.2, 0.25) is 15.9 Å². The number of sulfonamides is 1. The van der Waals surface area contributed by atoms with E-state index in [0.29, 0.717) is 11.6 Å². The van der Waals surface area contributed by atoms with E-state index < -0.39 is 16.1 Å². The molecule has 21 heavy (non-hydrogen) atoms. The molecule has 1 N–H and O–H groups in total. The first-order valence-electron chi connectivity index (χ1n) is 6.91. The van der Waals surface area contributed by atoms with Gasteiger partial charge >= 0.3 is 0 Å². The van der Waals surface area contributed by atoms with Crippen molar-refractivity contribution in [2.75, 3.05) is 11.6 Å². The van der Waals surface area contributed by atoms with Gasteiger partial charge in [-0.3, -0.25) is 4.79 Å². The summed E-state index contributed by atoms with van der Waals surface area (Å²) in [6, 6.07) is 7.67. The van der Waals surface area contributed by atoms with Gasteiger partial charge < -0.3 is 5.32 Å². The van der Waals surface area contributed by atoms with Crippen LogP contribution in [0.15, 0.2) is 35.2 Å².